The van der Waals surface area contributed by atoms with Crippen molar-refractivity contribution >= 4 is 62.8 Å². The van der Waals surface area contributed by atoms with Gasteiger partial charge in [0.15, 0.2) is 5.13 Å². The van der Waals surface area contributed by atoms with Gasteiger partial charge in [0.1, 0.15) is 6.54 Å². The summed E-state index contributed by atoms with van der Waals surface area (Å²) in [5, 5.41) is 15.1. The van der Waals surface area contributed by atoms with Crippen molar-refractivity contribution in [3.63, 3.8) is 0 Å². The molecule has 1 aliphatic heterocycles. The summed E-state index contributed by atoms with van der Waals surface area (Å²) in [6, 6.07) is 5.39. The Kier molecular flexibility index (Phi) is 6.04. The molecule has 1 aromatic carbocycles. The average molecular weight is 432 g/mol. The molecular weight excluding hydrogens is 420 g/mol. The number of aromatic nitrogens is 1. The van der Waals surface area contributed by atoms with Crippen LogP contribution in [0, 0.1) is 0 Å². The van der Waals surface area contributed by atoms with Crippen molar-refractivity contribution in [2.45, 2.75) is 0 Å². The van der Waals surface area contributed by atoms with E-state index in [2.05, 4.69) is 15.6 Å². The molecular formula is C17H12N4O6S2. The molecule has 1 aliphatic rings. The first kappa shape index (κ1) is 20.2. The normalized spacial score (nSPS) is 14.9. The first-order chi connectivity index (χ1) is 13.8. The van der Waals surface area contributed by atoms with E-state index in [4.69, 9.17) is 5.11 Å². The van der Waals surface area contributed by atoms with Gasteiger partial charge < -0.3 is 10.4 Å². The smallest absolute Gasteiger partial charge is 0.335 e. The van der Waals surface area contributed by atoms with Crippen LogP contribution in [0.15, 0.2) is 46.8 Å². The van der Waals surface area contributed by atoms with Crippen LogP contribution in [0.2, 0.25) is 0 Å². The van der Waals surface area contributed by atoms with E-state index in [9.17, 15) is 24.0 Å². The molecule has 2 heterocycles. The van der Waals surface area contributed by atoms with Crippen LogP contribution in [-0.4, -0.2) is 50.5 Å². The number of hydrogen-bond donors (Lipinski definition) is 3. The van der Waals surface area contributed by atoms with Crippen LogP contribution >= 0.6 is 23.1 Å². The maximum atomic E-state index is 12.3. The molecule has 0 atom stereocenters. The van der Waals surface area contributed by atoms with Crippen LogP contribution in [0.25, 0.3) is 0 Å². The quantitative estimate of drug-likeness (QED) is 0.588. The Balaban J connectivity index is 1.60. The lowest BCUT2D eigenvalue weighted by molar-refractivity contribution is -0.127. The molecule has 3 N–H and O–H groups in total. The van der Waals surface area contributed by atoms with Gasteiger partial charge in [-0.3, -0.25) is 29.4 Å². The van der Waals surface area contributed by atoms with Gasteiger partial charge in [0.25, 0.3) is 17.1 Å². The van der Waals surface area contributed by atoms with E-state index in [0.717, 1.165) is 6.08 Å². The third-order valence-corrected chi connectivity index (χ3v) is 5.11. The SMILES string of the molecule is O=C(/C=C1\SC(=O)N(CC(=O)Nc2ccc(C(=O)O)cc2)C1=O)Nc1nccs1. The van der Waals surface area contributed by atoms with Crippen molar-refractivity contribution in [1.82, 2.24) is 9.88 Å². The molecule has 12 heteroatoms. The lowest BCUT2D eigenvalue weighted by atomic mass is 10.2. The number of carbonyl (C=O) groups excluding carboxylic acids is 4. The summed E-state index contributed by atoms with van der Waals surface area (Å²) in [7, 11) is 0. The van der Waals surface area contributed by atoms with Gasteiger partial charge in [-0.25, -0.2) is 9.78 Å². The lowest BCUT2D eigenvalue weighted by Crippen LogP contribution is -2.36. The zero-order chi connectivity index (χ0) is 21.0. The van der Waals surface area contributed by atoms with E-state index in [1.165, 1.54) is 41.8 Å². The summed E-state index contributed by atoms with van der Waals surface area (Å²) in [5.74, 6) is -3.13. The Labute approximate surface area is 171 Å². The fourth-order valence-corrected chi connectivity index (χ4v) is 3.56. The average Bonchev–Trinajstić information content (AvgIpc) is 3.26. The minimum absolute atomic E-state index is 0.0510. The van der Waals surface area contributed by atoms with Crippen LogP contribution in [0.4, 0.5) is 15.6 Å². The predicted octanol–water partition coefficient (Wildman–Crippen LogP) is 2.00. The summed E-state index contributed by atoms with van der Waals surface area (Å²) in [4.78, 5) is 63.7. The molecule has 0 radical (unpaired) electrons. The highest BCUT2D eigenvalue weighted by Gasteiger charge is 2.36. The number of rotatable bonds is 6. The van der Waals surface area contributed by atoms with Gasteiger partial charge in [0.2, 0.25) is 5.91 Å². The minimum Gasteiger partial charge on any atom is -0.478 e. The standard InChI is InChI=1S/C17H12N4O6S2/c22-12(20-16-18-5-6-28-16)7-11-14(24)21(17(27)29-11)8-13(23)19-10-3-1-9(2-4-10)15(25)26/h1-7H,8H2,(H,19,23)(H,25,26)(H,18,20,22)/b11-7-. The summed E-state index contributed by atoms with van der Waals surface area (Å²) >= 11 is 1.75. The molecule has 0 spiro atoms. The molecule has 10 nitrogen and oxygen atoms in total. The third kappa shape index (κ3) is 5.06. The number of amides is 4. The highest BCUT2D eigenvalue weighted by atomic mass is 32.2. The number of carboxylic acid groups (broad SMARTS) is 1. The van der Waals surface area contributed by atoms with Gasteiger partial charge in [-0.15, -0.1) is 11.3 Å². The largest absolute Gasteiger partial charge is 0.478 e. The monoisotopic (exact) mass is 432 g/mol. The van der Waals surface area contributed by atoms with Crippen LogP contribution in [0.3, 0.4) is 0 Å². The van der Waals surface area contributed by atoms with Crippen molar-refractivity contribution in [1.29, 1.82) is 0 Å². The second-order valence-electron chi connectivity index (χ2n) is 5.53. The maximum absolute atomic E-state index is 12.3. The van der Waals surface area contributed by atoms with Crippen molar-refractivity contribution in [3.8, 4) is 0 Å². The van der Waals surface area contributed by atoms with Gasteiger partial charge in [0.05, 0.1) is 10.5 Å². The molecule has 0 bridgehead atoms. The topological polar surface area (TPSA) is 146 Å². The minimum atomic E-state index is -1.11. The Morgan fingerprint density at radius 3 is 2.48 bits per heavy atom. The Bertz CT molecular complexity index is 1020. The van der Waals surface area contributed by atoms with E-state index in [0.29, 0.717) is 27.5 Å². The summed E-state index contributed by atoms with van der Waals surface area (Å²) in [6.07, 6.45) is 2.48. The van der Waals surface area contributed by atoms with E-state index < -0.39 is 35.5 Å². The van der Waals surface area contributed by atoms with E-state index >= 15 is 0 Å². The molecule has 3 rings (SSSR count). The maximum Gasteiger partial charge on any atom is 0.335 e. The molecule has 1 fully saturated rings. The van der Waals surface area contributed by atoms with Gasteiger partial charge in [-0.1, -0.05) is 0 Å². The molecule has 4 amide bonds. The number of carbonyl (C=O) groups is 5. The fourth-order valence-electron chi connectivity index (χ4n) is 2.22. The van der Waals surface area contributed by atoms with Crippen molar-refractivity contribution in [2.24, 2.45) is 0 Å². The van der Waals surface area contributed by atoms with E-state index in [1.807, 2.05) is 0 Å². The zero-order valence-corrected chi connectivity index (χ0v) is 16.1. The highest BCUT2D eigenvalue weighted by Crippen LogP contribution is 2.30. The van der Waals surface area contributed by atoms with Gasteiger partial charge >= 0.3 is 5.97 Å². The first-order valence-electron chi connectivity index (χ1n) is 7.92. The number of thioether (sulfide) groups is 1. The molecule has 0 unspecified atom stereocenters. The van der Waals surface area contributed by atoms with Gasteiger partial charge in [-0.2, -0.15) is 0 Å². The molecule has 2 aromatic rings. The second-order valence-corrected chi connectivity index (χ2v) is 7.41. The number of carboxylic acids is 1. The number of aromatic carboxylic acids is 1. The number of anilines is 2. The lowest BCUT2D eigenvalue weighted by Gasteiger charge is -2.12. The number of thiazole rings is 1. The molecule has 1 aromatic heterocycles. The molecule has 0 aliphatic carbocycles. The summed E-state index contributed by atoms with van der Waals surface area (Å²) < 4.78 is 0. The Hall–Kier alpha value is -3.51. The van der Waals surface area contributed by atoms with E-state index in [1.54, 1.807) is 5.38 Å². The highest BCUT2D eigenvalue weighted by molar-refractivity contribution is 8.18. The molecule has 148 valence electrons. The number of nitrogens with zero attached hydrogens (tertiary/aromatic N) is 2. The number of imide groups is 1. The summed E-state index contributed by atoms with van der Waals surface area (Å²) in [5.41, 5.74) is 0.362. The van der Waals surface area contributed by atoms with Gasteiger partial charge in [0, 0.05) is 23.3 Å². The van der Waals surface area contributed by atoms with Crippen molar-refractivity contribution < 1.29 is 29.1 Å². The van der Waals surface area contributed by atoms with Gasteiger partial charge in [-0.05, 0) is 36.0 Å². The molecule has 29 heavy (non-hydrogen) atoms. The van der Waals surface area contributed by atoms with E-state index in [-0.39, 0.29) is 10.5 Å². The zero-order valence-electron chi connectivity index (χ0n) is 14.4. The number of benzene rings is 1. The number of nitrogens with one attached hydrogen (secondary N) is 2. The van der Waals surface area contributed by atoms with Crippen LogP contribution in [0.1, 0.15) is 10.4 Å². The Morgan fingerprint density at radius 2 is 1.86 bits per heavy atom. The van der Waals surface area contributed by atoms with Crippen molar-refractivity contribution in [3.05, 3.63) is 52.4 Å². The van der Waals surface area contributed by atoms with Crippen LogP contribution < -0.4 is 10.6 Å². The molecule has 0 saturated carbocycles. The number of hydrogen-bond acceptors (Lipinski definition) is 8. The van der Waals surface area contributed by atoms with Crippen LogP contribution in [0.5, 0.6) is 0 Å². The first-order valence-corrected chi connectivity index (χ1v) is 9.62. The second kappa shape index (κ2) is 8.67. The Morgan fingerprint density at radius 1 is 1.14 bits per heavy atom. The molecule has 1 saturated heterocycles. The fraction of sp³-hybridized carbons (Fsp3) is 0.0588. The predicted molar refractivity (Wildman–Crippen MR) is 106 cm³/mol. The summed E-state index contributed by atoms with van der Waals surface area (Å²) in [6.45, 7) is -0.545. The third-order valence-electron chi connectivity index (χ3n) is 3.52. The van der Waals surface area contributed by atoms with Crippen molar-refractivity contribution in [2.75, 3.05) is 17.2 Å². The van der Waals surface area contributed by atoms with Crippen LogP contribution in [-0.2, 0) is 14.4 Å².